The van der Waals surface area contributed by atoms with E-state index in [4.69, 9.17) is 9.47 Å². The van der Waals surface area contributed by atoms with Gasteiger partial charge in [0.15, 0.2) is 6.61 Å². The van der Waals surface area contributed by atoms with Crippen molar-refractivity contribution in [3.8, 4) is 11.8 Å². The third-order valence-electron chi connectivity index (χ3n) is 9.55. The molecular weight excluding hydrogens is 705 g/mol. The standard InChI is InChI=1S/C36H44F2N6O5.2ClH/c1-23(46)39-29(21-45)36(47)43-15-16-44-27(18-43)17-42(20-30(44)32(24-9-5-3-6-10-24)25-11-7-4-8-12-25)19-28-34(48-2)40-33(26-13-14-26)41-35(28)49-22-31(37)38;;/h3-12,26-27,29-32,45H,13-22H2,1-2H3,(H,39,46);2*1H/t27-,29?,30+;;/m1../s1. The van der Waals surface area contributed by atoms with Crippen molar-refractivity contribution in [2.24, 2.45) is 0 Å². The number of nitrogens with zero attached hydrogens (tertiary/aromatic N) is 5. The number of halogens is 4. The van der Waals surface area contributed by atoms with Gasteiger partial charge in [-0.2, -0.15) is 9.97 Å². The second-order valence-corrected chi connectivity index (χ2v) is 13.0. The van der Waals surface area contributed by atoms with Crippen LogP contribution >= 0.6 is 24.8 Å². The van der Waals surface area contributed by atoms with Crippen LogP contribution in [0, 0.1) is 0 Å². The number of aliphatic hydroxyl groups is 1. The van der Waals surface area contributed by atoms with Gasteiger partial charge in [0.25, 0.3) is 6.43 Å². The minimum Gasteiger partial charge on any atom is -0.481 e. The van der Waals surface area contributed by atoms with Crippen LogP contribution in [0.1, 0.15) is 54.1 Å². The SMILES string of the molecule is COc1nc(C2CC2)nc(OCC(F)F)c1CN1C[C@@H]2CN(C(=O)C(CO)NC(C)=O)CCN2[C@H](C(c2ccccc2)c2ccccc2)C1.Cl.Cl. The first-order valence-electron chi connectivity index (χ1n) is 16.9. The van der Waals surface area contributed by atoms with Crippen LogP contribution < -0.4 is 14.8 Å². The lowest BCUT2D eigenvalue weighted by atomic mass is 9.81. The van der Waals surface area contributed by atoms with Crippen LogP contribution in [0.3, 0.4) is 0 Å². The van der Waals surface area contributed by atoms with E-state index in [0.717, 1.165) is 24.0 Å². The molecule has 2 N–H and O–H groups in total. The number of fused-ring (bicyclic) bond motifs is 1. The third-order valence-corrected chi connectivity index (χ3v) is 9.55. The van der Waals surface area contributed by atoms with Crippen molar-refractivity contribution in [1.82, 2.24) is 30.0 Å². The Bertz CT molecular complexity index is 1550. The summed E-state index contributed by atoms with van der Waals surface area (Å²) in [6.07, 6.45) is -0.817. The number of carbonyl (C=O) groups is 2. The van der Waals surface area contributed by atoms with Crippen LogP contribution in [0.5, 0.6) is 11.8 Å². The molecule has 1 unspecified atom stereocenters. The molecule has 6 rings (SSSR count). The van der Waals surface area contributed by atoms with E-state index in [2.05, 4.69) is 49.4 Å². The maximum absolute atomic E-state index is 13.5. The lowest BCUT2D eigenvalue weighted by molar-refractivity contribution is -0.142. The number of hydrogen-bond donors (Lipinski definition) is 2. The molecule has 3 heterocycles. The number of aromatic nitrogens is 2. The average molecular weight is 752 g/mol. The number of benzene rings is 2. The molecule has 2 aliphatic heterocycles. The molecule has 3 fully saturated rings. The molecule has 51 heavy (non-hydrogen) atoms. The first kappa shape index (κ1) is 40.2. The fourth-order valence-corrected chi connectivity index (χ4v) is 7.22. The van der Waals surface area contributed by atoms with Gasteiger partial charge in [-0.3, -0.25) is 19.4 Å². The molecule has 2 amide bonds. The molecule has 0 bridgehead atoms. The Hall–Kier alpha value is -3.62. The fourth-order valence-electron chi connectivity index (χ4n) is 7.22. The highest BCUT2D eigenvalue weighted by atomic mass is 35.5. The topological polar surface area (TPSA) is 120 Å². The summed E-state index contributed by atoms with van der Waals surface area (Å²) in [6.45, 7) is 2.87. The smallest absolute Gasteiger partial charge is 0.272 e. The first-order chi connectivity index (χ1) is 23.7. The lowest BCUT2D eigenvalue weighted by Gasteiger charge is -2.53. The Morgan fingerprint density at radius 1 is 0.941 bits per heavy atom. The molecule has 3 aliphatic rings. The Morgan fingerprint density at radius 3 is 2.12 bits per heavy atom. The predicted molar refractivity (Wildman–Crippen MR) is 192 cm³/mol. The van der Waals surface area contributed by atoms with E-state index in [9.17, 15) is 23.5 Å². The van der Waals surface area contributed by atoms with Gasteiger partial charge in [-0.15, -0.1) is 24.8 Å². The van der Waals surface area contributed by atoms with Gasteiger partial charge in [-0.25, -0.2) is 8.78 Å². The fraction of sp³-hybridized carbons (Fsp3) is 0.500. The van der Waals surface area contributed by atoms with Crippen molar-refractivity contribution in [2.45, 2.75) is 62.7 Å². The molecule has 3 atom stereocenters. The van der Waals surface area contributed by atoms with E-state index in [1.807, 2.05) is 36.4 Å². The second kappa shape index (κ2) is 18.2. The summed E-state index contributed by atoms with van der Waals surface area (Å²) < 4.78 is 38.1. The third kappa shape index (κ3) is 9.63. The van der Waals surface area contributed by atoms with Crippen molar-refractivity contribution < 1.29 is 33.0 Å². The van der Waals surface area contributed by atoms with Gasteiger partial charge in [0.1, 0.15) is 11.9 Å². The van der Waals surface area contributed by atoms with E-state index in [1.54, 1.807) is 4.90 Å². The molecule has 2 saturated heterocycles. The highest BCUT2D eigenvalue weighted by molar-refractivity contribution is 5.87. The van der Waals surface area contributed by atoms with Crippen molar-refractivity contribution >= 4 is 36.6 Å². The number of alkyl halides is 2. The highest BCUT2D eigenvalue weighted by Crippen LogP contribution is 2.42. The maximum Gasteiger partial charge on any atom is 0.272 e. The molecule has 1 aromatic heterocycles. The molecular formula is C36H46Cl2F2N6O5. The van der Waals surface area contributed by atoms with Gasteiger partial charge in [0.2, 0.25) is 23.6 Å². The van der Waals surface area contributed by atoms with Crippen molar-refractivity contribution in [3.63, 3.8) is 0 Å². The van der Waals surface area contributed by atoms with Crippen LogP contribution in [0.2, 0.25) is 0 Å². The van der Waals surface area contributed by atoms with Gasteiger partial charge >= 0.3 is 0 Å². The van der Waals surface area contributed by atoms with Crippen molar-refractivity contribution in [1.29, 1.82) is 0 Å². The summed E-state index contributed by atoms with van der Waals surface area (Å²) in [6, 6.07) is 19.5. The number of piperazine rings is 2. The van der Waals surface area contributed by atoms with Crippen LogP contribution in [0.4, 0.5) is 8.78 Å². The molecule has 1 saturated carbocycles. The van der Waals surface area contributed by atoms with E-state index in [1.165, 1.54) is 14.0 Å². The summed E-state index contributed by atoms with van der Waals surface area (Å²) >= 11 is 0. The summed E-state index contributed by atoms with van der Waals surface area (Å²) in [5, 5.41) is 12.5. The quantitative estimate of drug-likeness (QED) is 0.268. The molecule has 0 radical (unpaired) electrons. The number of hydrogen-bond acceptors (Lipinski definition) is 9. The molecule has 15 heteroatoms. The summed E-state index contributed by atoms with van der Waals surface area (Å²) in [7, 11) is 1.51. The van der Waals surface area contributed by atoms with Gasteiger partial charge < -0.3 is 24.8 Å². The van der Waals surface area contributed by atoms with Crippen molar-refractivity contribution in [2.75, 3.05) is 53.0 Å². The zero-order valence-electron chi connectivity index (χ0n) is 28.7. The largest absolute Gasteiger partial charge is 0.481 e. The zero-order chi connectivity index (χ0) is 34.5. The van der Waals surface area contributed by atoms with Gasteiger partial charge in [-0.05, 0) is 24.0 Å². The zero-order valence-corrected chi connectivity index (χ0v) is 30.3. The number of methoxy groups -OCH3 is 1. The Kier molecular flexibility index (Phi) is 14.4. The van der Waals surface area contributed by atoms with E-state index < -0.39 is 31.6 Å². The van der Waals surface area contributed by atoms with Gasteiger partial charge in [0.05, 0.1) is 19.3 Å². The number of aliphatic hydroxyl groups excluding tert-OH is 1. The van der Waals surface area contributed by atoms with E-state index in [0.29, 0.717) is 50.0 Å². The minimum absolute atomic E-state index is 0. The van der Waals surface area contributed by atoms with Crippen LogP contribution in [-0.2, 0) is 16.1 Å². The monoisotopic (exact) mass is 750 g/mol. The van der Waals surface area contributed by atoms with Crippen LogP contribution in [0.25, 0.3) is 0 Å². The number of amides is 2. The molecule has 1 aliphatic carbocycles. The summed E-state index contributed by atoms with van der Waals surface area (Å²) in [5.41, 5.74) is 2.81. The number of carbonyl (C=O) groups excluding carboxylic acids is 2. The predicted octanol–water partition coefficient (Wildman–Crippen LogP) is 3.88. The molecule has 3 aromatic rings. The van der Waals surface area contributed by atoms with E-state index in [-0.39, 0.29) is 67.1 Å². The number of ether oxygens (including phenoxy) is 2. The Labute approximate surface area is 309 Å². The Balaban J connectivity index is 0.00000292. The first-order valence-corrected chi connectivity index (χ1v) is 16.9. The summed E-state index contributed by atoms with van der Waals surface area (Å²) in [4.78, 5) is 41.0. The summed E-state index contributed by atoms with van der Waals surface area (Å²) in [5.74, 6) is 0.374. The maximum atomic E-state index is 13.5. The Morgan fingerprint density at radius 2 is 1.57 bits per heavy atom. The number of rotatable bonds is 13. The average Bonchev–Trinajstić information content (AvgIpc) is 3.96. The minimum atomic E-state index is -2.67. The normalized spacial score (nSPS) is 19.8. The van der Waals surface area contributed by atoms with Crippen molar-refractivity contribution in [3.05, 3.63) is 83.2 Å². The van der Waals surface area contributed by atoms with E-state index >= 15 is 0 Å². The van der Waals surface area contributed by atoms with Gasteiger partial charge in [0, 0.05) is 70.1 Å². The highest BCUT2D eigenvalue weighted by Gasteiger charge is 2.44. The molecule has 0 spiro atoms. The lowest BCUT2D eigenvalue weighted by Crippen LogP contribution is -2.68. The molecule has 11 nitrogen and oxygen atoms in total. The second-order valence-electron chi connectivity index (χ2n) is 13.0. The van der Waals surface area contributed by atoms with Crippen LogP contribution in [-0.4, -0.2) is 119 Å². The molecule has 2 aromatic carbocycles. The van der Waals surface area contributed by atoms with Gasteiger partial charge in [-0.1, -0.05) is 60.7 Å². The molecule has 278 valence electrons. The number of nitrogens with one attached hydrogen (secondary N) is 1. The van der Waals surface area contributed by atoms with Crippen LogP contribution in [0.15, 0.2) is 60.7 Å².